The molecule has 126 valence electrons. The first kappa shape index (κ1) is 17.7. The molecule has 0 N–H and O–H groups in total. The van der Waals surface area contributed by atoms with Crippen LogP contribution in [0.4, 0.5) is 4.39 Å². The lowest BCUT2D eigenvalue weighted by Crippen LogP contribution is -2.00. The van der Waals surface area contributed by atoms with Gasteiger partial charge in [0, 0.05) is 6.20 Å². The van der Waals surface area contributed by atoms with Gasteiger partial charge < -0.3 is 9.47 Å². The second-order valence-electron chi connectivity index (χ2n) is 4.90. The number of fused-ring (bicyclic) bond motifs is 1. The van der Waals surface area contributed by atoms with Crippen LogP contribution in [-0.4, -0.2) is 17.1 Å². The molecule has 0 spiro atoms. The molecule has 0 bridgehead atoms. The van der Waals surface area contributed by atoms with Crippen molar-refractivity contribution in [1.29, 1.82) is 0 Å². The van der Waals surface area contributed by atoms with Gasteiger partial charge in [-0.1, -0.05) is 44.2 Å². The maximum Gasteiger partial charge on any atom is 0.316 e. The molecule has 1 aromatic heterocycles. The van der Waals surface area contributed by atoms with E-state index in [2.05, 4.69) is 9.97 Å². The Morgan fingerprint density at radius 1 is 1.12 bits per heavy atom. The molecule has 0 fully saturated rings. The van der Waals surface area contributed by atoms with E-state index in [0.717, 1.165) is 5.56 Å². The summed E-state index contributed by atoms with van der Waals surface area (Å²) in [4.78, 5) is 8.11. The van der Waals surface area contributed by atoms with E-state index < -0.39 is 0 Å². The van der Waals surface area contributed by atoms with Gasteiger partial charge in [0.25, 0.3) is 0 Å². The monoisotopic (exact) mass is 328 g/mol. The highest BCUT2D eigenvalue weighted by Gasteiger charge is 2.14. The zero-order valence-corrected chi connectivity index (χ0v) is 14.3. The van der Waals surface area contributed by atoms with Crippen LogP contribution in [0.3, 0.4) is 0 Å². The van der Waals surface area contributed by atoms with Crippen molar-refractivity contribution in [2.24, 2.45) is 0 Å². The fourth-order valence-electron chi connectivity index (χ4n) is 2.19. The third-order valence-corrected chi connectivity index (χ3v) is 3.35. The van der Waals surface area contributed by atoms with E-state index in [-0.39, 0.29) is 17.3 Å². The van der Waals surface area contributed by atoms with Crippen LogP contribution in [0.25, 0.3) is 10.9 Å². The van der Waals surface area contributed by atoms with Gasteiger partial charge in [-0.3, -0.25) is 0 Å². The molecule has 0 aliphatic carbocycles. The Hall–Kier alpha value is -2.69. The largest absolute Gasteiger partial charge is 0.488 e. The van der Waals surface area contributed by atoms with Crippen molar-refractivity contribution in [2.45, 2.75) is 27.4 Å². The highest BCUT2D eigenvalue weighted by atomic mass is 19.1. The number of benzene rings is 2. The first-order chi connectivity index (χ1) is 11.7. The lowest BCUT2D eigenvalue weighted by molar-refractivity contribution is 0.309. The predicted octanol–water partition coefficient (Wildman–Crippen LogP) is 4.69. The van der Waals surface area contributed by atoms with Gasteiger partial charge in [0.1, 0.15) is 17.9 Å². The summed E-state index contributed by atoms with van der Waals surface area (Å²) < 4.78 is 25.0. The van der Waals surface area contributed by atoms with E-state index in [4.69, 9.17) is 9.47 Å². The number of rotatable bonds is 4. The van der Waals surface area contributed by atoms with Crippen molar-refractivity contribution in [1.82, 2.24) is 9.97 Å². The average Bonchev–Trinajstić information content (AvgIpc) is 2.65. The maximum absolute atomic E-state index is 14.3. The van der Waals surface area contributed by atoms with Crippen molar-refractivity contribution < 1.29 is 13.9 Å². The van der Waals surface area contributed by atoms with Crippen LogP contribution < -0.4 is 9.47 Å². The van der Waals surface area contributed by atoms with Gasteiger partial charge in [0.05, 0.1) is 12.5 Å². The van der Waals surface area contributed by atoms with E-state index in [1.807, 2.05) is 44.2 Å². The van der Waals surface area contributed by atoms with E-state index in [1.54, 1.807) is 13.0 Å². The molecule has 1 heterocycles. The number of ether oxygens (including phenoxy) is 2. The molecule has 5 heteroatoms. The second-order valence-corrected chi connectivity index (χ2v) is 4.90. The molecule has 0 aliphatic heterocycles. The SMILES string of the molecule is CC.COc1ncc2c(OCc3ccccc3)cc(C)c(F)c2n1. The summed E-state index contributed by atoms with van der Waals surface area (Å²) >= 11 is 0. The Labute approximate surface area is 141 Å². The number of halogens is 1. The summed E-state index contributed by atoms with van der Waals surface area (Å²) in [6.07, 6.45) is 1.52. The molecule has 0 atom stereocenters. The molecule has 0 aliphatic rings. The van der Waals surface area contributed by atoms with Gasteiger partial charge in [-0.2, -0.15) is 4.98 Å². The number of aryl methyl sites for hydroxylation is 1. The Bertz CT molecular complexity index is 807. The minimum absolute atomic E-state index is 0.131. The Morgan fingerprint density at radius 3 is 2.50 bits per heavy atom. The van der Waals surface area contributed by atoms with Gasteiger partial charge in [-0.05, 0) is 24.1 Å². The number of hydrogen-bond donors (Lipinski definition) is 0. The lowest BCUT2D eigenvalue weighted by Gasteiger charge is -2.11. The maximum atomic E-state index is 14.3. The Balaban J connectivity index is 0.00000100. The van der Waals surface area contributed by atoms with Crippen LogP contribution in [0, 0.1) is 12.7 Å². The van der Waals surface area contributed by atoms with Gasteiger partial charge in [-0.15, -0.1) is 0 Å². The minimum atomic E-state index is -0.386. The number of nitrogens with zero attached hydrogens (tertiary/aromatic N) is 2. The minimum Gasteiger partial charge on any atom is -0.488 e. The third-order valence-electron chi connectivity index (χ3n) is 3.35. The highest BCUT2D eigenvalue weighted by Crippen LogP contribution is 2.30. The highest BCUT2D eigenvalue weighted by molar-refractivity contribution is 5.86. The van der Waals surface area contributed by atoms with Gasteiger partial charge >= 0.3 is 6.01 Å². The second kappa shape index (κ2) is 8.24. The summed E-state index contributed by atoms with van der Waals surface area (Å²) in [5, 5.41) is 0.528. The molecule has 24 heavy (non-hydrogen) atoms. The molecule has 0 unspecified atom stereocenters. The first-order valence-corrected chi connectivity index (χ1v) is 7.85. The van der Waals surface area contributed by atoms with E-state index in [0.29, 0.717) is 23.3 Å². The van der Waals surface area contributed by atoms with Crippen molar-refractivity contribution in [3.05, 3.63) is 59.5 Å². The number of methoxy groups -OCH3 is 1. The normalized spacial score (nSPS) is 10.0. The zero-order chi connectivity index (χ0) is 17.5. The van der Waals surface area contributed by atoms with Crippen LogP contribution in [-0.2, 0) is 6.61 Å². The van der Waals surface area contributed by atoms with Gasteiger partial charge in [-0.25, -0.2) is 9.37 Å². The molecular weight excluding hydrogens is 307 g/mol. The molecule has 4 nitrogen and oxygen atoms in total. The van der Waals surface area contributed by atoms with Gasteiger partial charge in [0.15, 0.2) is 5.82 Å². The average molecular weight is 328 g/mol. The summed E-state index contributed by atoms with van der Waals surface area (Å²) in [6, 6.07) is 11.6. The van der Waals surface area contributed by atoms with Crippen LogP contribution in [0.5, 0.6) is 11.8 Å². The summed E-state index contributed by atoms with van der Waals surface area (Å²) in [5.74, 6) is 0.170. The first-order valence-electron chi connectivity index (χ1n) is 7.85. The third kappa shape index (κ3) is 3.79. The van der Waals surface area contributed by atoms with Crippen LogP contribution in [0.1, 0.15) is 25.0 Å². The van der Waals surface area contributed by atoms with E-state index in [9.17, 15) is 4.39 Å². The molecule has 3 aromatic rings. The Morgan fingerprint density at radius 2 is 1.83 bits per heavy atom. The Kier molecular flexibility index (Phi) is 6.07. The van der Waals surface area contributed by atoms with Crippen LogP contribution in [0.15, 0.2) is 42.6 Å². The fraction of sp³-hybridized carbons (Fsp3) is 0.263. The lowest BCUT2D eigenvalue weighted by atomic mass is 10.1. The van der Waals surface area contributed by atoms with Gasteiger partial charge in [0.2, 0.25) is 0 Å². The molecule has 0 radical (unpaired) electrons. The van der Waals surface area contributed by atoms with Crippen molar-refractivity contribution in [2.75, 3.05) is 7.11 Å². The molecular formula is C19H21FN2O2. The van der Waals surface area contributed by atoms with E-state index in [1.165, 1.54) is 13.3 Å². The van der Waals surface area contributed by atoms with E-state index >= 15 is 0 Å². The van der Waals surface area contributed by atoms with Crippen LogP contribution >= 0.6 is 0 Å². The van der Waals surface area contributed by atoms with Crippen molar-refractivity contribution >= 4 is 10.9 Å². The molecule has 0 saturated heterocycles. The van der Waals surface area contributed by atoms with Crippen molar-refractivity contribution in [3.8, 4) is 11.8 Å². The molecule has 0 saturated carbocycles. The topological polar surface area (TPSA) is 44.2 Å². The van der Waals surface area contributed by atoms with Crippen molar-refractivity contribution in [3.63, 3.8) is 0 Å². The summed E-state index contributed by atoms with van der Waals surface area (Å²) in [7, 11) is 1.45. The summed E-state index contributed by atoms with van der Waals surface area (Å²) in [5.41, 5.74) is 1.71. The quantitative estimate of drug-likeness (QED) is 0.697. The molecule has 3 rings (SSSR count). The standard InChI is InChI=1S/C17H15FN2O2.C2H6/c1-11-8-14(22-10-12-6-4-3-5-7-12)13-9-19-17(21-2)20-16(13)15(11)18;1-2/h3-9H,10H2,1-2H3;1-2H3. The predicted molar refractivity (Wildman–Crippen MR) is 92.9 cm³/mol. The molecule has 0 amide bonds. The smallest absolute Gasteiger partial charge is 0.316 e. The summed E-state index contributed by atoms with van der Waals surface area (Å²) in [6.45, 7) is 6.08. The number of hydrogen-bond acceptors (Lipinski definition) is 4. The zero-order valence-electron chi connectivity index (χ0n) is 14.3. The number of aromatic nitrogens is 2. The fourth-order valence-corrected chi connectivity index (χ4v) is 2.19. The molecule has 2 aromatic carbocycles. The van der Waals surface area contributed by atoms with Crippen LogP contribution in [0.2, 0.25) is 0 Å².